The van der Waals surface area contributed by atoms with Crippen LogP contribution in [0, 0.1) is 46.3 Å². The number of fused-ring (bicyclic) bond motifs is 8. The van der Waals surface area contributed by atoms with Gasteiger partial charge in [0.25, 0.3) is 0 Å². The molecule has 0 saturated heterocycles. The fourth-order valence-corrected chi connectivity index (χ4v) is 8.89. The van der Waals surface area contributed by atoms with Crippen molar-refractivity contribution < 1.29 is 22.8 Å². The number of benzene rings is 1. The summed E-state index contributed by atoms with van der Waals surface area (Å²) in [5.41, 5.74) is 0.361. The Hall–Kier alpha value is -2.11. The van der Waals surface area contributed by atoms with Crippen molar-refractivity contribution >= 4 is 17.4 Å². The van der Waals surface area contributed by atoms with E-state index in [4.69, 9.17) is 0 Å². The lowest BCUT2D eigenvalue weighted by Gasteiger charge is -2.57. The number of nitrogens with one attached hydrogen (secondary N) is 1. The molecule has 3 unspecified atom stereocenters. The lowest BCUT2D eigenvalue weighted by Crippen LogP contribution is -2.52. The monoisotopic (exact) mass is 471 g/mol. The third kappa shape index (κ3) is 3.09. The molecule has 1 aromatic rings. The highest BCUT2D eigenvalue weighted by Gasteiger charge is 2.68. The first-order valence-electron chi connectivity index (χ1n) is 12.8. The number of para-hydroxylation sites is 1. The van der Waals surface area contributed by atoms with Gasteiger partial charge in [0.2, 0.25) is 5.91 Å². The standard InChI is InChI=1S/C28H32F3NO2/c1-26-12-10-20-24(17-14-16(17)22-13-15(33)9-11-27(20,22)2)19(26)7-8-21(26)25(34)32-23-6-4-3-5-18(23)28(29,30)31/h3-6,13,16-17,19-21,24H,7-12,14H2,1-2H3,(H,32,34)/t16-,17+,19?,20?,21+,24?,26-,27+/m0/s1. The molecule has 3 nitrogen and oxygen atoms in total. The number of ketones is 1. The SMILES string of the molecule is C[C@]12CCC(=O)C=C1[C@H]1C[C@H]1C1C2CC[C@@]2(C)C1CC[C@@H]2C(=O)Nc1ccccc1C(F)(F)F. The molecular weight excluding hydrogens is 439 g/mol. The van der Waals surface area contributed by atoms with Crippen LogP contribution >= 0.6 is 0 Å². The molecule has 0 spiro atoms. The van der Waals surface area contributed by atoms with E-state index < -0.39 is 11.7 Å². The average molecular weight is 472 g/mol. The number of hydrogen-bond donors (Lipinski definition) is 1. The molecule has 4 saturated carbocycles. The first kappa shape index (κ1) is 22.4. The van der Waals surface area contributed by atoms with Gasteiger partial charge in [-0.3, -0.25) is 9.59 Å². The van der Waals surface area contributed by atoms with Crippen molar-refractivity contribution in [1.82, 2.24) is 0 Å². The Labute approximate surface area is 198 Å². The Morgan fingerprint density at radius 2 is 1.82 bits per heavy atom. The molecule has 182 valence electrons. The lowest BCUT2D eigenvalue weighted by molar-refractivity contribution is -0.137. The van der Waals surface area contributed by atoms with Crippen LogP contribution in [-0.4, -0.2) is 11.7 Å². The van der Waals surface area contributed by atoms with Crippen LogP contribution in [-0.2, 0) is 15.8 Å². The number of allylic oxidation sites excluding steroid dienone is 1. The second-order valence-corrected chi connectivity index (χ2v) is 12.0. The first-order chi connectivity index (χ1) is 16.0. The summed E-state index contributed by atoms with van der Waals surface area (Å²) in [6.45, 7) is 4.59. The molecule has 0 radical (unpaired) electrons. The third-order valence-electron chi connectivity index (χ3n) is 10.6. The van der Waals surface area contributed by atoms with Gasteiger partial charge in [0.05, 0.1) is 11.3 Å². The molecular formula is C28H32F3NO2. The van der Waals surface area contributed by atoms with Gasteiger partial charge >= 0.3 is 6.18 Å². The van der Waals surface area contributed by atoms with E-state index in [0.717, 1.165) is 44.6 Å². The van der Waals surface area contributed by atoms with E-state index in [1.807, 2.05) is 6.08 Å². The number of alkyl halides is 3. The highest BCUT2D eigenvalue weighted by molar-refractivity contribution is 5.94. The van der Waals surface area contributed by atoms with Gasteiger partial charge in [0.1, 0.15) is 0 Å². The van der Waals surface area contributed by atoms with Crippen LogP contribution in [0.25, 0.3) is 0 Å². The molecule has 34 heavy (non-hydrogen) atoms. The van der Waals surface area contributed by atoms with Gasteiger partial charge < -0.3 is 5.32 Å². The summed E-state index contributed by atoms with van der Waals surface area (Å²) in [6.07, 6.45) is 3.83. The van der Waals surface area contributed by atoms with Crippen molar-refractivity contribution in [2.45, 2.75) is 65.0 Å². The molecule has 1 aromatic carbocycles. The van der Waals surface area contributed by atoms with Crippen molar-refractivity contribution in [3.05, 3.63) is 41.5 Å². The quantitative estimate of drug-likeness (QED) is 0.525. The topological polar surface area (TPSA) is 46.2 Å². The smallest absolute Gasteiger partial charge is 0.325 e. The maximum atomic E-state index is 13.5. The van der Waals surface area contributed by atoms with Crippen LogP contribution in [0.3, 0.4) is 0 Å². The van der Waals surface area contributed by atoms with Crippen molar-refractivity contribution in [3.8, 4) is 0 Å². The number of halogens is 3. The Morgan fingerprint density at radius 3 is 2.59 bits per heavy atom. The van der Waals surface area contributed by atoms with Crippen LogP contribution in [0.5, 0.6) is 0 Å². The largest absolute Gasteiger partial charge is 0.418 e. The minimum absolute atomic E-state index is 0.0869. The zero-order valence-electron chi connectivity index (χ0n) is 19.8. The van der Waals surface area contributed by atoms with Gasteiger partial charge in [-0.15, -0.1) is 0 Å². The van der Waals surface area contributed by atoms with E-state index in [2.05, 4.69) is 19.2 Å². The molecule has 6 heteroatoms. The Morgan fingerprint density at radius 1 is 1.06 bits per heavy atom. The minimum atomic E-state index is -4.50. The molecule has 4 fully saturated rings. The Balaban J connectivity index is 1.27. The zero-order chi connectivity index (χ0) is 24.0. The van der Waals surface area contributed by atoms with E-state index in [1.54, 1.807) is 0 Å². The van der Waals surface area contributed by atoms with Crippen LogP contribution in [0.1, 0.15) is 64.4 Å². The van der Waals surface area contributed by atoms with Crippen molar-refractivity contribution in [3.63, 3.8) is 0 Å². The predicted molar refractivity (Wildman–Crippen MR) is 123 cm³/mol. The van der Waals surface area contributed by atoms with E-state index >= 15 is 0 Å². The van der Waals surface area contributed by atoms with Gasteiger partial charge in [-0.05, 0) is 97.2 Å². The summed E-state index contributed by atoms with van der Waals surface area (Å²) < 4.78 is 40.4. The van der Waals surface area contributed by atoms with Gasteiger partial charge in [-0.25, -0.2) is 0 Å². The van der Waals surface area contributed by atoms with Gasteiger partial charge in [-0.1, -0.05) is 31.6 Å². The number of anilines is 1. The summed E-state index contributed by atoms with van der Waals surface area (Å²) in [7, 11) is 0. The third-order valence-corrected chi connectivity index (χ3v) is 10.6. The number of hydrogen-bond acceptors (Lipinski definition) is 2. The summed E-state index contributed by atoms with van der Waals surface area (Å²) in [4.78, 5) is 25.6. The van der Waals surface area contributed by atoms with E-state index in [0.29, 0.717) is 36.0 Å². The maximum Gasteiger partial charge on any atom is 0.418 e. The normalized spacial score (nSPS) is 42.6. The van der Waals surface area contributed by atoms with E-state index in [9.17, 15) is 22.8 Å². The van der Waals surface area contributed by atoms with Crippen LogP contribution < -0.4 is 5.32 Å². The molecule has 1 N–H and O–H groups in total. The molecule has 1 amide bonds. The van der Waals surface area contributed by atoms with Gasteiger partial charge in [0, 0.05) is 12.3 Å². The molecule has 5 aliphatic carbocycles. The summed E-state index contributed by atoms with van der Waals surface area (Å²) in [5.74, 6) is 2.38. The lowest BCUT2D eigenvalue weighted by atomic mass is 9.47. The fraction of sp³-hybridized carbons (Fsp3) is 0.643. The summed E-state index contributed by atoms with van der Waals surface area (Å²) in [5, 5.41) is 2.66. The molecule has 5 aliphatic rings. The van der Waals surface area contributed by atoms with E-state index in [-0.39, 0.29) is 34.1 Å². The molecule has 6 rings (SSSR count). The average Bonchev–Trinajstić information content (AvgIpc) is 3.48. The van der Waals surface area contributed by atoms with Gasteiger partial charge in [-0.2, -0.15) is 13.2 Å². The second-order valence-electron chi connectivity index (χ2n) is 12.0. The maximum absolute atomic E-state index is 13.5. The van der Waals surface area contributed by atoms with Crippen LogP contribution in [0.15, 0.2) is 35.9 Å². The number of carbonyl (C=O) groups is 2. The fourth-order valence-electron chi connectivity index (χ4n) is 8.89. The van der Waals surface area contributed by atoms with Gasteiger partial charge in [0.15, 0.2) is 5.78 Å². The minimum Gasteiger partial charge on any atom is -0.325 e. The number of amides is 1. The predicted octanol–water partition coefficient (Wildman–Crippen LogP) is 6.65. The molecule has 8 atom stereocenters. The van der Waals surface area contributed by atoms with Crippen molar-refractivity contribution in [1.29, 1.82) is 0 Å². The number of rotatable bonds is 2. The zero-order valence-corrected chi connectivity index (χ0v) is 19.8. The highest BCUT2D eigenvalue weighted by Crippen LogP contribution is 2.74. The van der Waals surface area contributed by atoms with E-state index in [1.165, 1.54) is 23.8 Å². The Kier molecular flexibility index (Phi) is 4.74. The summed E-state index contributed by atoms with van der Waals surface area (Å²) in [6, 6.07) is 5.26. The van der Waals surface area contributed by atoms with Crippen LogP contribution in [0.4, 0.5) is 18.9 Å². The summed E-state index contributed by atoms with van der Waals surface area (Å²) >= 11 is 0. The number of carbonyl (C=O) groups excluding carboxylic acids is 2. The first-order valence-corrected chi connectivity index (χ1v) is 12.8. The van der Waals surface area contributed by atoms with Crippen molar-refractivity contribution in [2.24, 2.45) is 46.3 Å². The molecule has 0 aromatic heterocycles. The Bertz CT molecular complexity index is 1090. The second kappa shape index (κ2) is 7.20. The molecule has 0 heterocycles. The van der Waals surface area contributed by atoms with Crippen molar-refractivity contribution in [2.75, 3.05) is 5.32 Å². The molecule has 0 aliphatic heterocycles. The van der Waals surface area contributed by atoms with Crippen LogP contribution in [0.2, 0.25) is 0 Å². The highest BCUT2D eigenvalue weighted by atomic mass is 19.4. The molecule has 0 bridgehead atoms.